The molecule has 0 aromatic heterocycles. The lowest BCUT2D eigenvalue weighted by molar-refractivity contribution is -0.131. The van der Waals surface area contributed by atoms with Crippen LogP contribution in [0.1, 0.15) is 23.5 Å². The van der Waals surface area contributed by atoms with Gasteiger partial charge in [-0.05, 0) is 23.3 Å². The summed E-state index contributed by atoms with van der Waals surface area (Å²) in [7, 11) is 3.17. The summed E-state index contributed by atoms with van der Waals surface area (Å²) in [5.74, 6) is 1.71. The van der Waals surface area contributed by atoms with Crippen LogP contribution in [-0.4, -0.2) is 42.5 Å². The van der Waals surface area contributed by atoms with Gasteiger partial charge >= 0.3 is 0 Å². The number of rotatable bonds is 5. The maximum atomic E-state index is 13.0. The van der Waals surface area contributed by atoms with E-state index in [-0.39, 0.29) is 18.2 Å². The van der Waals surface area contributed by atoms with E-state index in [4.69, 9.17) is 9.47 Å². The largest absolute Gasteiger partial charge is 0.493 e. The predicted octanol–water partition coefficient (Wildman–Crippen LogP) is 3.92. The number of thioether (sulfide) groups is 1. The molecule has 0 bridgehead atoms. The van der Waals surface area contributed by atoms with Crippen LogP contribution in [0.15, 0.2) is 59.1 Å². The van der Waals surface area contributed by atoms with Crippen molar-refractivity contribution in [2.75, 3.05) is 26.8 Å². The molecule has 2 aromatic carbocycles. The Morgan fingerprint density at radius 3 is 2.60 bits per heavy atom. The third-order valence-electron chi connectivity index (χ3n) is 5.41. The van der Waals surface area contributed by atoms with Crippen LogP contribution in [-0.2, 0) is 11.3 Å². The van der Waals surface area contributed by atoms with E-state index in [1.807, 2.05) is 36.4 Å². The Morgan fingerprint density at radius 1 is 1.13 bits per heavy atom. The zero-order valence-electron chi connectivity index (χ0n) is 17.0. The molecule has 4 rings (SSSR count). The fourth-order valence-electron chi connectivity index (χ4n) is 3.90. The van der Waals surface area contributed by atoms with E-state index in [2.05, 4.69) is 23.1 Å². The molecule has 7 heteroatoms. The van der Waals surface area contributed by atoms with Gasteiger partial charge in [0.1, 0.15) is 0 Å². The first-order chi connectivity index (χ1) is 14.6. The van der Waals surface area contributed by atoms with E-state index in [9.17, 15) is 10.1 Å². The molecule has 2 aliphatic rings. The molecule has 1 atom stereocenters. The average Bonchev–Trinajstić information content (AvgIpc) is 2.79. The van der Waals surface area contributed by atoms with Crippen molar-refractivity contribution in [2.45, 2.75) is 18.9 Å². The molecule has 2 heterocycles. The average molecular weight is 422 g/mol. The minimum absolute atomic E-state index is 0.0362. The smallest absolute Gasteiger partial charge is 0.229 e. The van der Waals surface area contributed by atoms with Gasteiger partial charge in [-0.2, -0.15) is 5.26 Å². The monoisotopic (exact) mass is 421 g/mol. The summed E-state index contributed by atoms with van der Waals surface area (Å²) in [5.41, 5.74) is 2.74. The third kappa shape index (κ3) is 3.89. The summed E-state index contributed by atoms with van der Waals surface area (Å²) < 4.78 is 10.7. The molecule has 0 aliphatic carbocycles. The van der Waals surface area contributed by atoms with Gasteiger partial charge in [0.05, 0.1) is 43.4 Å². The summed E-state index contributed by atoms with van der Waals surface area (Å²) in [4.78, 5) is 17.0. The number of carbonyl (C=O) groups is 1. The molecule has 1 fully saturated rings. The Bertz CT molecular complexity index is 1020. The second kappa shape index (κ2) is 8.82. The zero-order valence-corrected chi connectivity index (χ0v) is 17.8. The molecule has 2 aliphatic heterocycles. The second-order valence-electron chi connectivity index (χ2n) is 7.25. The number of amides is 1. The number of allylic oxidation sites excluding steroid dienone is 1. The second-order valence-corrected chi connectivity index (χ2v) is 8.19. The van der Waals surface area contributed by atoms with Crippen molar-refractivity contribution in [3.63, 3.8) is 0 Å². The molecule has 6 nitrogen and oxygen atoms in total. The molecule has 0 radical (unpaired) electrons. The van der Waals surface area contributed by atoms with Crippen LogP contribution < -0.4 is 9.47 Å². The van der Waals surface area contributed by atoms with Crippen LogP contribution in [0, 0.1) is 11.3 Å². The number of fused-ring (bicyclic) bond motifs is 1. The van der Waals surface area contributed by atoms with Gasteiger partial charge < -0.3 is 9.47 Å². The number of nitrogens with zero attached hydrogens (tertiary/aromatic N) is 3. The number of hydrogen-bond donors (Lipinski definition) is 0. The lowest BCUT2D eigenvalue weighted by Gasteiger charge is -2.41. The third-order valence-corrected chi connectivity index (χ3v) is 6.62. The van der Waals surface area contributed by atoms with Crippen LogP contribution in [0.25, 0.3) is 0 Å². The van der Waals surface area contributed by atoms with Gasteiger partial charge in [0.2, 0.25) is 5.91 Å². The normalized spacial score (nSPS) is 19.3. The van der Waals surface area contributed by atoms with Gasteiger partial charge in [0.25, 0.3) is 0 Å². The van der Waals surface area contributed by atoms with Crippen molar-refractivity contribution in [1.82, 2.24) is 9.80 Å². The molecule has 0 N–H and O–H groups in total. The number of hydrogen-bond acceptors (Lipinski definition) is 6. The summed E-state index contributed by atoms with van der Waals surface area (Å²) in [6.07, 6.45) is 0.265. The van der Waals surface area contributed by atoms with Crippen LogP contribution in [0.2, 0.25) is 0 Å². The Labute approximate surface area is 180 Å². The molecular formula is C23H23N3O3S. The zero-order chi connectivity index (χ0) is 21.1. The number of ether oxygens (including phenoxy) is 2. The van der Waals surface area contributed by atoms with Gasteiger partial charge in [-0.3, -0.25) is 14.6 Å². The van der Waals surface area contributed by atoms with E-state index in [0.717, 1.165) is 23.0 Å². The van der Waals surface area contributed by atoms with E-state index >= 15 is 0 Å². The first kappa shape index (κ1) is 20.3. The SMILES string of the molecule is COc1ccc(C2CC(=O)N3CN(Cc4ccccc4)CSC3=C2C#N)cc1OC. The van der Waals surface area contributed by atoms with Crippen molar-refractivity contribution in [2.24, 2.45) is 0 Å². The first-order valence-electron chi connectivity index (χ1n) is 9.70. The van der Waals surface area contributed by atoms with E-state index in [1.165, 1.54) is 5.56 Å². The molecule has 1 saturated heterocycles. The van der Waals surface area contributed by atoms with Crippen LogP contribution in [0.4, 0.5) is 0 Å². The number of carbonyl (C=O) groups excluding carboxylic acids is 1. The predicted molar refractivity (Wildman–Crippen MR) is 116 cm³/mol. The number of nitriles is 1. The summed E-state index contributed by atoms with van der Waals surface area (Å²) >= 11 is 1.56. The lowest BCUT2D eigenvalue weighted by Crippen LogP contribution is -2.46. The van der Waals surface area contributed by atoms with Crippen molar-refractivity contribution in [3.05, 3.63) is 70.3 Å². The van der Waals surface area contributed by atoms with Crippen LogP contribution in [0.5, 0.6) is 11.5 Å². The molecule has 0 spiro atoms. The number of methoxy groups -OCH3 is 2. The Hall–Kier alpha value is -2.95. The molecule has 30 heavy (non-hydrogen) atoms. The number of benzene rings is 2. The van der Waals surface area contributed by atoms with Crippen molar-refractivity contribution >= 4 is 17.7 Å². The highest BCUT2D eigenvalue weighted by molar-refractivity contribution is 8.03. The standard InChI is InChI=1S/C23H23N3O3S/c1-28-20-9-8-17(10-21(20)29-2)18-11-22(27)26-14-25(13-16-6-4-3-5-7-16)15-30-23(26)19(18)12-24/h3-10,18H,11,13-15H2,1-2H3. The maximum absolute atomic E-state index is 13.0. The topological polar surface area (TPSA) is 65.8 Å². The van der Waals surface area contributed by atoms with Crippen molar-refractivity contribution in [3.8, 4) is 17.6 Å². The minimum Gasteiger partial charge on any atom is -0.493 e. The molecule has 0 saturated carbocycles. The van der Waals surface area contributed by atoms with Gasteiger partial charge in [0, 0.05) is 18.9 Å². The summed E-state index contributed by atoms with van der Waals surface area (Å²) in [6, 6.07) is 18.2. The van der Waals surface area contributed by atoms with Gasteiger partial charge in [-0.25, -0.2) is 0 Å². The molecule has 1 unspecified atom stereocenters. The Kier molecular flexibility index (Phi) is 5.98. The van der Waals surface area contributed by atoms with Gasteiger partial charge in [0.15, 0.2) is 11.5 Å². The fourth-order valence-corrected chi connectivity index (χ4v) is 5.04. The summed E-state index contributed by atoms with van der Waals surface area (Å²) in [5, 5.41) is 10.7. The highest BCUT2D eigenvalue weighted by Gasteiger charge is 2.38. The molecule has 1 amide bonds. The lowest BCUT2D eigenvalue weighted by atomic mass is 9.86. The van der Waals surface area contributed by atoms with Crippen LogP contribution in [0.3, 0.4) is 0 Å². The minimum atomic E-state index is -0.276. The highest BCUT2D eigenvalue weighted by Crippen LogP contribution is 2.44. The maximum Gasteiger partial charge on any atom is 0.229 e. The molecule has 154 valence electrons. The first-order valence-corrected chi connectivity index (χ1v) is 10.7. The van der Waals surface area contributed by atoms with Gasteiger partial charge in [-0.1, -0.05) is 48.2 Å². The Balaban J connectivity index is 1.61. The molecular weight excluding hydrogens is 398 g/mol. The molecule has 2 aromatic rings. The quantitative estimate of drug-likeness (QED) is 0.729. The van der Waals surface area contributed by atoms with E-state index < -0.39 is 0 Å². The van der Waals surface area contributed by atoms with Crippen LogP contribution >= 0.6 is 11.8 Å². The van der Waals surface area contributed by atoms with E-state index in [0.29, 0.717) is 23.7 Å². The van der Waals surface area contributed by atoms with Gasteiger partial charge in [-0.15, -0.1) is 0 Å². The highest BCUT2D eigenvalue weighted by atomic mass is 32.2. The fraction of sp³-hybridized carbons (Fsp3) is 0.304. The van der Waals surface area contributed by atoms with Crippen molar-refractivity contribution in [1.29, 1.82) is 5.26 Å². The Morgan fingerprint density at radius 2 is 1.90 bits per heavy atom. The summed E-state index contributed by atoms with van der Waals surface area (Å²) in [6.45, 7) is 1.27. The van der Waals surface area contributed by atoms with E-state index in [1.54, 1.807) is 30.9 Å². The van der Waals surface area contributed by atoms with Crippen molar-refractivity contribution < 1.29 is 14.3 Å².